The number of carbonyl (C=O) groups is 2. The van der Waals surface area contributed by atoms with Crippen molar-refractivity contribution in [3.8, 4) is 0 Å². The molecule has 7 nitrogen and oxygen atoms in total. The third kappa shape index (κ3) is 5.85. The number of ether oxygens (including phenoxy) is 1. The van der Waals surface area contributed by atoms with Gasteiger partial charge in [-0.25, -0.2) is 13.2 Å². The molecule has 0 bridgehead atoms. The fourth-order valence-corrected chi connectivity index (χ4v) is 4.97. The molecule has 2 aromatic rings. The number of carbonyl (C=O) groups excluding carboxylic acids is 2. The highest BCUT2D eigenvalue weighted by atomic mass is 32.2. The number of rotatable bonds is 6. The van der Waals surface area contributed by atoms with E-state index >= 15 is 0 Å². The van der Waals surface area contributed by atoms with Crippen LogP contribution in [0.3, 0.4) is 0 Å². The van der Waals surface area contributed by atoms with Crippen LogP contribution in [-0.2, 0) is 19.6 Å². The van der Waals surface area contributed by atoms with E-state index in [0.29, 0.717) is 30.3 Å². The Morgan fingerprint density at radius 1 is 1.16 bits per heavy atom. The lowest BCUT2D eigenvalue weighted by molar-refractivity contribution is -0.136. The molecule has 166 valence electrons. The summed E-state index contributed by atoms with van der Waals surface area (Å²) < 4.78 is 33.5. The van der Waals surface area contributed by atoms with Crippen molar-refractivity contribution in [3.05, 3.63) is 59.2 Å². The summed E-state index contributed by atoms with van der Waals surface area (Å²) in [6.45, 7) is 6.58. The lowest BCUT2D eigenvalue weighted by atomic mass is 10.0. The Balaban J connectivity index is 1.71. The fraction of sp³-hybridized carbons (Fsp3) is 0.391. The standard InChI is InChI=1S/C23H28N2O5S/c1-16-6-4-8-20(12-16)24-31(28,29)21-13-19(10-9-18(21)3)23(27)30-15-22(26)25-11-5-7-17(2)14-25/h4,6,8-10,12-13,17,24H,5,7,11,14-15H2,1-3H3. The van der Waals surface area contributed by atoms with Crippen molar-refractivity contribution in [2.24, 2.45) is 5.92 Å². The number of aryl methyl sites for hydroxylation is 2. The lowest BCUT2D eigenvalue weighted by Crippen LogP contribution is -2.41. The van der Waals surface area contributed by atoms with Gasteiger partial charge in [-0.05, 0) is 68.0 Å². The van der Waals surface area contributed by atoms with Gasteiger partial charge in [0.05, 0.1) is 10.5 Å². The number of amides is 1. The molecule has 0 radical (unpaired) electrons. The molecule has 0 aromatic heterocycles. The molecule has 3 rings (SSSR count). The maximum Gasteiger partial charge on any atom is 0.338 e. The van der Waals surface area contributed by atoms with Crippen molar-refractivity contribution in [3.63, 3.8) is 0 Å². The number of piperidine rings is 1. The zero-order valence-corrected chi connectivity index (χ0v) is 18.9. The van der Waals surface area contributed by atoms with Gasteiger partial charge < -0.3 is 9.64 Å². The van der Waals surface area contributed by atoms with Crippen LogP contribution in [0.2, 0.25) is 0 Å². The summed E-state index contributed by atoms with van der Waals surface area (Å²) in [6, 6.07) is 11.3. The normalized spacial score (nSPS) is 16.6. The Morgan fingerprint density at radius 2 is 1.94 bits per heavy atom. The molecular formula is C23H28N2O5S. The summed E-state index contributed by atoms with van der Waals surface area (Å²) in [7, 11) is -3.90. The van der Waals surface area contributed by atoms with E-state index in [1.165, 1.54) is 12.1 Å². The van der Waals surface area contributed by atoms with E-state index in [9.17, 15) is 18.0 Å². The van der Waals surface area contributed by atoms with E-state index < -0.39 is 16.0 Å². The predicted molar refractivity (Wildman–Crippen MR) is 118 cm³/mol. The van der Waals surface area contributed by atoms with Crippen LogP contribution < -0.4 is 4.72 Å². The zero-order chi connectivity index (χ0) is 22.6. The van der Waals surface area contributed by atoms with Crippen LogP contribution in [0.15, 0.2) is 47.4 Å². The van der Waals surface area contributed by atoms with Gasteiger partial charge in [-0.2, -0.15) is 0 Å². The Kier molecular flexibility index (Phi) is 7.00. The molecule has 31 heavy (non-hydrogen) atoms. The highest BCUT2D eigenvalue weighted by molar-refractivity contribution is 7.92. The third-order valence-corrected chi connectivity index (χ3v) is 6.84. The second-order valence-electron chi connectivity index (χ2n) is 8.12. The SMILES string of the molecule is Cc1cccc(NS(=O)(=O)c2cc(C(=O)OCC(=O)N3CCCC(C)C3)ccc2C)c1. The van der Waals surface area contributed by atoms with Crippen LogP contribution >= 0.6 is 0 Å². The molecule has 8 heteroatoms. The summed E-state index contributed by atoms with van der Waals surface area (Å²) in [5.41, 5.74) is 1.93. The van der Waals surface area contributed by atoms with Crippen LogP contribution in [0.5, 0.6) is 0 Å². The summed E-state index contributed by atoms with van der Waals surface area (Å²) in [4.78, 5) is 26.5. The van der Waals surface area contributed by atoms with E-state index in [1.807, 2.05) is 13.0 Å². The summed E-state index contributed by atoms with van der Waals surface area (Å²) >= 11 is 0. The van der Waals surface area contributed by atoms with E-state index in [4.69, 9.17) is 4.74 Å². The van der Waals surface area contributed by atoms with Crippen molar-refractivity contribution in [2.75, 3.05) is 24.4 Å². The molecule has 1 aliphatic rings. The highest BCUT2D eigenvalue weighted by Crippen LogP contribution is 2.22. The number of sulfonamides is 1. The van der Waals surface area contributed by atoms with Gasteiger partial charge in [-0.1, -0.05) is 25.1 Å². The smallest absolute Gasteiger partial charge is 0.338 e. The first-order chi connectivity index (χ1) is 14.7. The first kappa shape index (κ1) is 22.8. The molecule has 1 fully saturated rings. The van der Waals surface area contributed by atoms with Crippen molar-refractivity contribution in [1.29, 1.82) is 0 Å². The van der Waals surface area contributed by atoms with Gasteiger partial charge in [0.15, 0.2) is 6.61 Å². The van der Waals surface area contributed by atoms with Crippen LogP contribution in [0.1, 0.15) is 41.3 Å². The molecule has 1 amide bonds. The van der Waals surface area contributed by atoms with Gasteiger partial charge in [0, 0.05) is 18.8 Å². The Labute approximate surface area is 183 Å². The van der Waals surface area contributed by atoms with E-state index in [1.54, 1.807) is 36.1 Å². The largest absolute Gasteiger partial charge is 0.452 e. The van der Waals surface area contributed by atoms with Gasteiger partial charge in [-0.15, -0.1) is 0 Å². The number of hydrogen-bond acceptors (Lipinski definition) is 5. The van der Waals surface area contributed by atoms with Crippen LogP contribution in [-0.4, -0.2) is 44.9 Å². The molecule has 1 heterocycles. The first-order valence-electron chi connectivity index (χ1n) is 10.3. The van der Waals surface area contributed by atoms with Crippen molar-refractivity contribution < 1.29 is 22.7 Å². The number of esters is 1. The average Bonchev–Trinajstić information content (AvgIpc) is 2.71. The van der Waals surface area contributed by atoms with Gasteiger partial charge in [0.25, 0.3) is 15.9 Å². The molecule has 1 atom stereocenters. The summed E-state index contributed by atoms with van der Waals surface area (Å²) in [5, 5.41) is 0. The number of nitrogens with one attached hydrogen (secondary N) is 1. The number of benzene rings is 2. The monoisotopic (exact) mass is 444 g/mol. The molecule has 0 spiro atoms. The van der Waals surface area contributed by atoms with Crippen LogP contribution in [0.25, 0.3) is 0 Å². The third-order valence-electron chi connectivity index (χ3n) is 5.32. The number of likely N-dealkylation sites (tertiary alicyclic amines) is 1. The van der Waals surface area contributed by atoms with Crippen molar-refractivity contribution >= 4 is 27.6 Å². The zero-order valence-electron chi connectivity index (χ0n) is 18.1. The molecule has 0 aliphatic carbocycles. The molecule has 1 unspecified atom stereocenters. The van der Waals surface area contributed by atoms with Crippen LogP contribution in [0, 0.1) is 19.8 Å². The first-order valence-corrected chi connectivity index (χ1v) is 11.8. The second-order valence-corrected chi connectivity index (χ2v) is 9.77. The maximum atomic E-state index is 12.9. The Morgan fingerprint density at radius 3 is 2.65 bits per heavy atom. The van der Waals surface area contributed by atoms with E-state index in [-0.39, 0.29) is 23.0 Å². The number of anilines is 1. The molecule has 1 aliphatic heterocycles. The van der Waals surface area contributed by atoms with Gasteiger partial charge in [-0.3, -0.25) is 9.52 Å². The van der Waals surface area contributed by atoms with Crippen molar-refractivity contribution in [1.82, 2.24) is 4.90 Å². The number of nitrogens with zero attached hydrogens (tertiary/aromatic N) is 1. The van der Waals surface area contributed by atoms with E-state index in [0.717, 1.165) is 18.4 Å². The second kappa shape index (κ2) is 9.51. The molecular weight excluding hydrogens is 416 g/mol. The molecule has 2 aromatic carbocycles. The quantitative estimate of drug-likeness (QED) is 0.688. The lowest BCUT2D eigenvalue weighted by Gasteiger charge is -2.30. The predicted octanol–water partition coefficient (Wildman–Crippen LogP) is 3.52. The summed E-state index contributed by atoms with van der Waals surface area (Å²) in [5.74, 6) is -0.537. The number of hydrogen-bond donors (Lipinski definition) is 1. The average molecular weight is 445 g/mol. The summed E-state index contributed by atoms with van der Waals surface area (Å²) in [6.07, 6.45) is 2.02. The molecule has 1 saturated heterocycles. The van der Waals surface area contributed by atoms with E-state index in [2.05, 4.69) is 11.6 Å². The topological polar surface area (TPSA) is 92.8 Å². The van der Waals surface area contributed by atoms with Crippen molar-refractivity contribution in [2.45, 2.75) is 38.5 Å². The van der Waals surface area contributed by atoms with Crippen LogP contribution in [0.4, 0.5) is 5.69 Å². The minimum absolute atomic E-state index is 0.0142. The fourth-order valence-electron chi connectivity index (χ4n) is 3.65. The minimum Gasteiger partial charge on any atom is -0.452 e. The Hall–Kier alpha value is -2.87. The van der Waals surface area contributed by atoms with Gasteiger partial charge >= 0.3 is 5.97 Å². The van der Waals surface area contributed by atoms with Gasteiger partial charge in [0.1, 0.15) is 0 Å². The minimum atomic E-state index is -3.90. The maximum absolute atomic E-state index is 12.9. The highest BCUT2D eigenvalue weighted by Gasteiger charge is 2.23. The molecule has 0 saturated carbocycles. The van der Waals surface area contributed by atoms with Gasteiger partial charge in [0.2, 0.25) is 0 Å². The Bertz CT molecular complexity index is 1080. The molecule has 1 N–H and O–H groups in total.